The number of nitro groups is 2. The van der Waals surface area contributed by atoms with Crippen LogP contribution in [-0.4, -0.2) is 28.1 Å². The summed E-state index contributed by atoms with van der Waals surface area (Å²) in [5.41, 5.74) is 3.75. The molecule has 3 aromatic carbocycles. The minimum Gasteiger partial charge on any atom is -0.455 e. The summed E-state index contributed by atoms with van der Waals surface area (Å²) in [5.74, 6) is -0.551. The minimum absolute atomic E-state index is 0.0507. The lowest BCUT2D eigenvalue weighted by Gasteiger charge is -2.10. The fraction of sp³-hybridized carbons (Fsp3) is 0.0909. The zero-order valence-corrected chi connectivity index (χ0v) is 18.8. The Balaban J connectivity index is 1.88. The van der Waals surface area contributed by atoms with E-state index in [4.69, 9.17) is 4.74 Å². The van der Waals surface area contributed by atoms with Gasteiger partial charge in [0.2, 0.25) is 0 Å². The fourth-order valence-corrected chi connectivity index (χ4v) is 3.08. The van der Waals surface area contributed by atoms with Gasteiger partial charge < -0.3 is 4.74 Å². The van der Waals surface area contributed by atoms with E-state index in [2.05, 4.69) is 26.5 Å². The number of nitro benzene ring substituents is 2. The Morgan fingerprint density at radius 1 is 1.00 bits per heavy atom. The van der Waals surface area contributed by atoms with Gasteiger partial charge in [-0.1, -0.05) is 45.8 Å². The maximum atomic E-state index is 12.4. The summed E-state index contributed by atoms with van der Waals surface area (Å²) in [6, 6.07) is 17.1. The Morgan fingerprint density at radius 3 is 2.36 bits per heavy atom. The van der Waals surface area contributed by atoms with Crippen LogP contribution in [0.4, 0.5) is 17.1 Å². The Kier molecular flexibility index (Phi) is 7.46. The molecule has 168 valence electrons. The van der Waals surface area contributed by atoms with Gasteiger partial charge in [0.25, 0.3) is 5.69 Å². The molecular formula is C22H17BrN4O6. The summed E-state index contributed by atoms with van der Waals surface area (Å²) in [5, 5.41) is 26.5. The number of non-ortho nitro benzene ring substituents is 1. The smallest absolute Gasteiger partial charge is 0.338 e. The molecule has 10 nitrogen and oxygen atoms in total. The van der Waals surface area contributed by atoms with Crippen molar-refractivity contribution in [2.45, 2.75) is 6.92 Å². The Hall–Kier alpha value is -4.12. The maximum absolute atomic E-state index is 12.4. The van der Waals surface area contributed by atoms with Gasteiger partial charge in [0.05, 0.1) is 21.5 Å². The van der Waals surface area contributed by atoms with E-state index in [1.807, 2.05) is 13.0 Å². The van der Waals surface area contributed by atoms with Crippen LogP contribution in [0.15, 0.2) is 76.3 Å². The highest BCUT2D eigenvalue weighted by atomic mass is 79.9. The molecule has 1 N–H and O–H groups in total. The standard InChI is InChI=1S/C22H17BrN4O6/c1-14-3-2-4-16(11-14)22(28)33-13-20(15-5-7-17(23)8-6-15)25-24-19-10-9-18(26(29)30)12-21(19)27(31)32/h2-12,24H,13H2,1H3/b25-20-. The van der Waals surface area contributed by atoms with Crippen molar-refractivity contribution < 1.29 is 19.4 Å². The van der Waals surface area contributed by atoms with Crippen molar-refractivity contribution in [3.63, 3.8) is 0 Å². The lowest BCUT2D eigenvalue weighted by molar-refractivity contribution is -0.393. The van der Waals surface area contributed by atoms with E-state index in [9.17, 15) is 25.0 Å². The molecule has 0 aliphatic heterocycles. The average molecular weight is 513 g/mol. The molecule has 0 bridgehead atoms. The molecular weight excluding hydrogens is 496 g/mol. The Labute approximate surface area is 196 Å². The minimum atomic E-state index is -0.748. The second-order valence-corrected chi connectivity index (χ2v) is 7.75. The van der Waals surface area contributed by atoms with Crippen LogP contribution < -0.4 is 5.43 Å². The summed E-state index contributed by atoms with van der Waals surface area (Å²) < 4.78 is 6.22. The number of hydrogen-bond acceptors (Lipinski definition) is 8. The molecule has 0 atom stereocenters. The van der Waals surface area contributed by atoms with Crippen molar-refractivity contribution in [3.05, 3.63) is 108 Å². The molecule has 11 heteroatoms. The van der Waals surface area contributed by atoms with Crippen molar-refractivity contribution in [2.75, 3.05) is 12.0 Å². The predicted octanol–water partition coefficient (Wildman–Crippen LogP) is 5.25. The maximum Gasteiger partial charge on any atom is 0.338 e. The predicted molar refractivity (Wildman–Crippen MR) is 126 cm³/mol. The monoisotopic (exact) mass is 512 g/mol. The number of halogens is 1. The first-order valence-electron chi connectivity index (χ1n) is 9.49. The van der Waals surface area contributed by atoms with Crippen LogP contribution in [0.25, 0.3) is 0 Å². The molecule has 0 fully saturated rings. The van der Waals surface area contributed by atoms with E-state index in [1.165, 1.54) is 6.07 Å². The van der Waals surface area contributed by atoms with Gasteiger partial charge in [-0.3, -0.25) is 25.7 Å². The first-order valence-corrected chi connectivity index (χ1v) is 10.3. The van der Waals surface area contributed by atoms with E-state index in [1.54, 1.807) is 42.5 Å². The first-order chi connectivity index (χ1) is 15.7. The van der Waals surface area contributed by atoms with Crippen LogP contribution in [0.1, 0.15) is 21.5 Å². The number of esters is 1. The van der Waals surface area contributed by atoms with Gasteiger partial charge in [-0.2, -0.15) is 5.10 Å². The van der Waals surface area contributed by atoms with Crippen molar-refractivity contribution in [1.29, 1.82) is 0 Å². The molecule has 0 saturated heterocycles. The van der Waals surface area contributed by atoms with Crippen molar-refractivity contribution in [1.82, 2.24) is 0 Å². The quantitative estimate of drug-likeness (QED) is 0.188. The van der Waals surface area contributed by atoms with Crippen LogP contribution >= 0.6 is 15.9 Å². The summed E-state index contributed by atoms with van der Waals surface area (Å²) in [6.45, 7) is 1.63. The number of ether oxygens (including phenoxy) is 1. The number of nitrogens with one attached hydrogen (secondary N) is 1. The van der Waals surface area contributed by atoms with Crippen LogP contribution in [-0.2, 0) is 4.74 Å². The zero-order chi connectivity index (χ0) is 24.0. The molecule has 33 heavy (non-hydrogen) atoms. The van der Waals surface area contributed by atoms with E-state index < -0.39 is 27.2 Å². The van der Waals surface area contributed by atoms with Crippen LogP contribution in [0.5, 0.6) is 0 Å². The number of hydrogen-bond donors (Lipinski definition) is 1. The molecule has 0 spiro atoms. The van der Waals surface area contributed by atoms with Gasteiger partial charge >= 0.3 is 11.7 Å². The number of anilines is 1. The number of aryl methyl sites for hydroxylation is 1. The highest BCUT2D eigenvalue weighted by Gasteiger charge is 2.20. The lowest BCUT2D eigenvalue weighted by Crippen LogP contribution is -2.17. The lowest BCUT2D eigenvalue weighted by atomic mass is 10.1. The zero-order valence-electron chi connectivity index (χ0n) is 17.2. The topological polar surface area (TPSA) is 137 Å². The fourth-order valence-electron chi connectivity index (χ4n) is 2.82. The largest absolute Gasteiger partial charge is 0.455 e. The van der Waals surface area contributed by atoms with Gasteiger partial charge in [-0.25, -0.2) is 4.79 Å². The summed E-state index contributed by atoms with van der Waals surface area (Å²) in [4.78, 5) is 33.3. The third kappa shape index (κ3) is 6.20. The molecule has 0 radical (unpaired) electrons. The third-order valence-corrected chi connectivity index (χ3v) is 5.00. The summed E-state index contributed by atoms with van der Waals surface area (Å²) in [7, 11) is 0. The van der Waals surface area contributed by atoms with Gasteiger partial charge in [-0.05, 0) is 37.3 Å². The molecule has 0 aliphatic rings. The van der Waals surface area contributed by atoms with Crippen LogP contribution in [0.3, 0.4) is 0 Å². The summed E-state index contributed by atoms with van der Waals surface area (Å²) in [6.07, 6.45) is 0. The third-order valence-electron chi connectivity index (χ3n) is 4.47. The number of hydrazone groups is 1. The van der Waals surface area contributed by atoms with Gasteiger partial charge in [-0.15, -0.1) is 0 Å². The number of benzene rings is 3. The highest BCUT2D eigenvalue weighted by Crippen LogP contribution is 2.29. The highest BCUT2D eigenvalue weighted by molar-refractivity contribution is 9.10. The first kappa shape index (κ1) is 23.5. The van der Waals surface area contributed by atoms with Crippen molar-refractivity contribution in [2.24, 2.45) is 5.10 Å². The second kappa shape index (κ2) is 10.5. The van der Waals surface area contributed by atoms with Gasteiger partial charge in [0.15, 0.2) is 0 Å². The Morgan fingerprint density at radius 2 is 1.73 bits per heavy atom. The molecule has 0 heterocycles. The number of nitrogens with zero attached hydrogens (tertiary/aromatic N) is 3. The molecule has 0 amide bonds. The van der Waals surface area contributed by atoms with Gasteiger partial charge in [0.1, 0.15) is 18.0 Å². The molecule has 0 aliphatic carbocycles. The van der Waals surface area contributed by atoms with E-state index in [0.29, 0.717) is 11.1 Å². The SMILES string of the molecule is Cc1cccc(C(=O)OC/C(=N/Nc2ccc([N+](=O)[O-])cc2[N+](=O)[O-])c2ccc(Br)cc2)c1. The summed E-state index contributed by atoms with van der Waals surface area (Å²) >= 11 is 3.34. The van der Waals surface area contributed by atoms with Crippen LogP contribution in [0, 0.1) is 27.2 Å². The van der Waals surface area contributed by atoms with Crippen molar-refractivity contribution >= 4 is 44.7 Å². The van der Waals surface area contributed by atoms with Crippen LogP contribution in [0.2, 0.25) is 0 Å². The Bertz CT molecular complexity index is 1240. The number of rotatable bonds is 8. The number of carbonyl (C=O) groups excluding carboxylic acids is 1. The normalized spacial score (nSPS) is 11.0. The number of carbonyl (C=O) groups is 1. The molecule has 0 aromatic heterocycles. The molecule has 3 rings (SSSR count). The van der Waals surface area contributed by atoms with E-state index in [0.717, 1.165) is 22.2 Å². The second-order valence-electron chi connectivity index (χ2n) is 6.84. The van der Waals surface area contributed by atoms with Crippen molar-refractivity contribution in [3.8, 4) is 0 Å². The average Bonchev–Trinajstić information content (AvgIpc) is 2.79. The molecule has 3 aromatic rings. The molecule has 0 saturated carbocycles. The molecule has 0 unspecified atom stereocenters. The van der Waals surface area contributed by atoms with E-state index in [-0.39, 0.29) is 18.0 Å². The van der Waals surface area contributed by atoms with E-state index >= 15 is 0 Å². The van der Waals surface area contributed by atoms with Gasteiger partial charge in [0, 0.05) is 16.1 Å².